The first kappa shape index (κ1) is 12.7. The van der Waals surface area contributed by atoms with E-state index < -0.39 is 5.54 Å². The van der Waals surface area contributed by atoms with E-state index in [1.54, 1.807) is 0 Å². The molecule has 88 valence electrons. The van der Waals surface area contributed by atoms with Gasteiger partial charge in [0, 0.05) is 0 Å². The van der Waals surface area contributed by atoms with Gasteiger partial charge in [-0.3, -0.25) is 4.79 Å². The summed E-state index contributed by atoms with van der Waals surface area (Å²) in [6.45, 7) is 4.08. The molecule has 0 atom stereocenters. The molecule has 3 nitrogen and oxygen atoms in total. The van der Waals surface area contributed by atoms with Crippen LogP contribution in [-0.4, -0.2) is 11.5 Å². The van der Waals surface area contributed by atoms with Crippen molar-refractivity contribution in [2.24, 2.45) is 5.73 Å². The minimum atomic E-state index is -0.839. The van der Waals surface area contributed by atoms with Gasteiger partial charge in [0.2, 0.25) is 0 Å². The average Bonchev–Trinajstić information content (AvgIpc) is 2.36. The number of ether oxygens (including phenoxy) is 1. The lowest BCUT2D eigenvalue weighted by Gasteiger charge is -2.23. The fraction of sp³-hybridized carbons (Fsp3) is 0.462. The molecule has 2 N–H and O–H groups in total. The lowest BCUT2D eigenvalue weighted by molar-refractivity contribution is -0.151. The summed E-state index contributed by atoms with van der Waals surface area (Å²) >= 11 is 0. The van der Waals surface area contributed by atoms with Gasteiger partial charge in [-0.2, -0.15) is 0 Å². The number of benzene rings is 1. The predicted molar refractivity (Wildman–Crippen MR) is 63.7 cm³/mol. The fourth-order valence-corrected chi connectivity index (χ4v) is 1.41. The van der Waals surface area contributed by atoms with Crippen molar-refractivity contribution in [3.05, 3.63) is 35.9 Å². The third kappa shape index (κ3) is 3.07. The Morgan fingerprint density at radius 3 is 2.31 bits per heavy atom. The second-order valence-electron chi connectivity index (χ2n) is 3.92. The highest BCUT2D eigenvalue weighted by Gasteiger charge is 2.31. The van der Waals surface area contributed by atoms with Gasteiger partial charge < -0.3 is 10.5 Å². The highest BCUT2D eigenvalue weighted by Crippen LogP contribution is 2.14. The van der Waals surface area contributed by atoms with Crippen LogP contribution in [0.5, 0.6) is 0 Å². The highest BCUT2D eigenvalue weighted by atomic mass is 16.5. The zero-order chi connectivity index (χ0) is 12.0. The summed E-state index contributed by atoms with van der Waals surface area (Å²) in [5.41, 5.74) is 6.07. The summed E-state index contributed by atoms with van der Waals surface area (Å²) in [4.78, 5) is 11.8. The summed E-state index contributed by atoms with van der Waals surface area (Å²) in [7, 11) is 0. The van der Waals surface area contributed by atoms with Crippen LogP contribution in [0.3, 0.4) is 0 Å². The molecule has 0 spiro atoms. The van der Waals surface area contributed by atoms with Crippen LogP contribution in [-0.2, 0) is 16.1 Å². The molecule has 0 saturated heterocycles. The van der Waals surface area contributed by atoms with Crippen molar-refractivity contribution < 1.29 is 9.53 Å². The second kappa shape index (κ2) is 5.66. The molecule has 1 rings (SSSR count). The van der Waals surface area contributed by atoms with Crippen molar-refractivity contribution in [2.45, 2.75) is 38.8 Å². The third-order valence-corrected chi connectivity index (χ3v) is 2.88. The van der Waals surface area contributed by atoms with Crippen molar-refractivity contribution >= 4 is 5.97 Å². The van der Waals surface area contributed by atoms with E-state index in [2.05, 4.69) is 0 Å². The summed E-state index contributed by atoms with van der Waals surface area (Å²) in [5.74, 6) is -0.318. The molecule has 0 aromatic heterocycles. The topological polar surface area (TPSA) is 52.3 Å². The van der Waals surface area contributed by atoms with Crippen molar-refractivity contribution in [2.75, 3.05) is 0 Å². The molecule has 0 bridgehead atoms. The van der Waals surface area contributed by atoms with E-state index in [1.165, 1.54) is 0 Å². The van der Waals surface area contributed by atoms with E-state index in [9.17, 15) is 4.79 Å². The van der Waals surface area contributed by atoms with Crippen LogP contribution >= 0.6 is 0 Å². The Kier molecular flexibility index (Phi) is 4.50. The molecular weight excluding hydrogens is 202 g/mol. The summed E-state index contributed by atoms with van der Waals surface area (Å²) < 4.78 is 5.21. The van der Waals surface area contributed by atoms with E-state index >= 15 is 0 Å². The van der Waals surface area contributed by atoms with Crippen molar-refractivity contribution in [3.63, 3.8) is 0 Å². The monoisotopic (exact) mass is 221 g/mol. The Morgan fingerprint density at radius 1 is 1.25 bits per heavy atom. The third-order valence-electron chi connectivity index (χ3n) is 2.88. The Morgan fingerprint density at radius 2 is 1.81 bits per heavy atom. The SMILES string of the molecule is CCC(N)(CC)C(=O)OCc1ccccc1. The van der Waals surface area contributed by atoms with Gasteiger partial charge in [0.05, 0.1) is 0 Å². The molecule has 0 aliphatic rings. The average molecular weight is 221 g/mol. The number of esters is 1. The maximum atomic E-state index is 11.8. The van der Waals surface area contributed by atoms with Crippen LogP contribution in [0.1, 0.15) is 32.3 Å². The molecule has 3 heteroatoms. The lowest BCUT2D eigenvalue weighted by atomic mass is 9.95. The summed E-state index contributed by atoms with van der Waals surface area (Å²) in [6.07, 6.45) is 1.19. The minimum Gasteiger partial charge on any atom is -0.459 e. The Hall–Kier alpha value is -1.35. The second-order valence-corrected chi connectivity index (χ2v) is 3.92. The predicted octanol–water partition coefficient (Wildman–Crippen LogP) is 2.25. The van der Waals surface area contributed by atoms with Crippen LogP contribution in [0.4, 0.5) is 0 Å². The van der Waals surface area contributed by atoms with Crippen LogP contribution in [0.15, 0.2) is 30.3 Å². The van der Waals surface area contributed by atoms with Crippen molar-refractivity contribution in [3.8, 4) is 0 Å². The van der Waals surface area contributed by atoms with E-state index in [0.717, 1.165) is 5.56 Å². The quantitative estimate of drug-likeness (QED) is 0.776. The van der Waals surface area contributed by atoms with Gasteiger partial charge in [-0.1, -0.05) is 44.2 Å². The van der Waals surface area contributed by atoms with E-state index in [4.69, 9.17) is 10.5 Å². The molecule has 1 aromatic carbocycles. The minimum absolute atomic E-state index is 0.290. The maximum Gasteiger partial charge on any atom is 0.326 e. The molecular formula is C13H19NO2. The molecule has 1 aromatic rings. The molecule has 0 heterocycles. The largest absolute Gasteiger partial charge is 0.459 e. The number of carbonyl (C=O) groups is 1. The molecule has 0 unspecified atom stereocenters. The molecule has 16 heavy (non-hydrogen) atoms. The lowest BCUT2D eigenvalue weighted by Crippen LogP contribution is -2.47. The van der Waals surface area contributed by atoms with E-state index in [0.29, 0.717) is 19.4 Å². The molecule has 0 aliphatic heterocycles. The number of hydrogen-bond acceptors (Lipinski definition) is 3. The number of carbonyl (C=O) groups excluding carboxylic acids is 1. The standard InChI is InChI=1S/C13H19NO2/c1-3-13(14,4-2)12(15)16-10-11-8-6-5-7-9-11/h5-9H,3-4,10,14H2,1-2H3. The fourth-order valence-electron chi connectivity index (χ4n) is 1.41. The molecule has 0 fully saturated rings. The number of rotatable bonds is 5. The number of hydrogen-bond donors (Lipinski definition) is 1. The Bertz CT molecular complexity index is 331. The van der Waals surface area contributed by atoms with Crippen molar-refractivity contribution in [1.82, 2.24) is 0 Å². The van der Waals surface area contributed by atoms with Crippen LogP contribution in [0.25, 0.3) is 0 Å². The Labute approximate surface area is 96.6 Å². The zero-order valence-electron chi connectivity index (χ0n) is 9.90. The molecule has 0 amide bonds. The van der Waals surface area contributed by atoms with Crippen LogP contribution in [0.2, 0.25) is 0 Å². The highest BCUT2D eigenvalue weighted by molar-refractivity contribution is 5.80. The maximum absolute atomic E-state index is 11.8. The van der Waals surface area contributed by atoms with Crippen molar-refractivity contribution in [1.29, 1.82) is 0 Å². The van der Waals surface area contributed by atoms with Gasteiger partial charge in [-0.05, 0) is 18.4 Å². The van der Waals surface area contributed by atoms with Gasteiger partial charge in [0.1, 0.15) is 12.1 Å². The first-order chi connectivity index (χ1) is 7.62. The molecule has 0 saturated carbocycles. The van der Waals surface area contributed by atoms with Gasteiger partial charge in [-0.25, -0.2) is 0 Å². The molecule has 0 aliphatic carbocycles. The first-order valence-corrected chi connectivity index (χ1v) is 5.62. The molecule has 0 radical (unpaired) electrons. The first-order valence-electron chi connectivity index (χ1n) is 5.62. The van der Waals surface area contributed by atoms with Gasteiger partial charge >= 0.3 is 5.97 Å². The number of nitrogens with two attached hydrogens (primary N) is 1. The van der Waals surface area contributed by atoms with E-state index in [-0.39, 0.29) is 5.97 Å². The summed E-state index contributed by atoms with van der Waals surface area (Å²) in [6, 6.07) is 9.60. The van der Waals surface area contributed by atoms with Gasteiger partial charge in [-0.15, -0.1) is 0 Å². The van der Waals surface area contributed by atoms with E-state index in [1.807, 2.05) is 44.2 Å². The van der Waals surface area contributed by atoms with Crippen LogP contribution in [0, 0.1) is 0 Å². The van der Waals surface area contributed by atoms with Gasteiger partial charge in [0.15, 0.2) is 0 Å². The van der Waals surface area contributed by atoms with Gasteiger partial charge in [0.25, 0.3) is 0 Å². The Balaban J connectivity index is 2.53. The van der Waals surface area contributed by atoms with Crippen LogP contribution < -0.4 is 5.73 Å². The smallest absolute Gasteiger partial charge is 0.326 e. The summed E-state index contributed by atoms with van der Waals surface area (Å²) in [5, 5.41) is 0. The normalized spacial score (nSPS) is 11.2. The zero-order valence-corrected chi connectivity index (χ0v) is 9.90.